The first-order valence-corrected chi connectivity index (χ1v) is 10.3. The Balaban J connectivity index is 1.96. The predicted octanol–water partition coefficient (Wildman–Crippen LogP) is 5.79. The van der Waals surface area contributed by atoms with Gasteiger partial charge >= 0.3 is 0 Å². The molecule has 30 heavy (non-hydrogen) atoms. The molecular formula is C25H28FN3O. The second kappa shape index (κ2) is 8.31. The Morgan fingerprint density at radius 2 is 2.00 bits per heavy atom. The van der Waals surface area contributed by atoms with Gasteiger partial charge in [-0.3, -0.25) is 4.79 Å². The number of halogens is 1. The smallest absolute Gasteiger partial charge is 0.266 e. The van der Waals surface area contributed by atoms with Crippen LogP contribution in [0.5, 0.6) is 0 Å². The van der Waals surface area contributed by atoms with Crippen LogP contribution in [0.15, 0.2) is 42.0 Å². The van der Waals surface area contributed by atoms with E-state index in [1.807, 2.05) is 25.1 Å². The lowest BCUT2D eigenvalue weighted by molar-refractivity contribution is -0.112. The molecule has 1 amide bonds. The van der Waals surface area contributed by atoms with Crippen molar-refractivity contribution in [2.24, 2.45) is 0 Å². The highest BCUT2D eigenvalue weighted by Gasteiger charge is 2.36. The van der Waals surface area contributed by atoms with Crippen molar-refractivity contribution in [2.75, 3.05) is 16.8 Å². The maximum absolute atomic E-state index is 15.0. The van der Waals surface area contributed by atoms with Gasteiger partial charge in [0.15, 0.2) is 0 Å². The monoisotopic (exact) mass is 405 g/mol. The van der Waals surface area contributed by atoms with Crippen molar-refractivity contribution >= 4 is 23.4 Å². The van der Waals surface area contributed by atoms with E-state index in [1.54, 1.807) is 18.2 Å². The number of hydrogen-bond donors (Lipinski definition) is 1. The Labute approximate surface area is 178 Å². The highest BCUT2D eigenvalue weighted by Crippen LogP contribution is 2.44. The van der Waals surface area contributed by atoms with Crippen LogP contribution in [0.2, 0.25) is 0 Å². The van der Waals surface area contributed by atoms with Gasteiger partial charge in [0, 0.05) is 29.0 Å². The van der Waals surface area contributed by atoms with Crippen molar-refractivity contribution < 1.29 is 9.18 Å². The van der Waals surface area contributed by atoms with Crippen LogP contribution >= 0.6 is 0 Å². The average molecular weight is 406 g/mol. The summed E-state index contributed by atoms with van der Waals surface area (Å²) in [5.74, 6) is -0.742. The number of hydrogen-bond acceptors (Lipinski definition) is 3. The molecule has 1 heterocycles. The largest absolute Gasteiger partial charge is 0.366 e. The lowest BCUT2D eigenvalue weighted by Gasteiger charge is -2.47. The average Bonchev–Trinajstić information content (AvgIpc) is 2.68. The van der Waals surface area contributed by atoms with E-state index in [9.17, 15) is 14.4 Å². The Hall–Kier alpha value is -3.13. The molecule has 0 saturated heterocycles. The van der Waals surface area contributed by atoms with Gasteiger partial charge in [0.1, 0.15) is 17.5 Å². The standard InChI is InChI=1S/C25H28FN3O/c1-6-29-23-13-22(26)18(12-21(23)17(3)14-25(29,4)5)11-19(15-27)24(30)28-20-9-7-16(2)8-10-20/h7-13,17H,6,14H2,1-5H3,(H,28,30)/b19-11+. The third-order valence-corrected chi connectivity index (χ3v) is 5.79. The molecule has 0 bridgehead atoms. The van der Waals surface area contributed by atoms with Gasteiger partial charge in [-0.05, 0) is 75.9 Å². The third kappa shape index (κ3) is 4.23. The molecule has 2 aromatic carbocycles. The number of aryl methyl sites for hydroxylation is 1. The zero-order chi connectivity index (χ0) is 22.1. The molecule has 1 aliphatic heterocycles. The molecule has 0 spiro atoms. The molecule has 1 aliphatic rings. The van der Waals surface area contributed by atoms with E-state index in [-0.39, 0.29) is 22.6 Å². The van der Waals surface area contributed by atoms with Gasteiger partial charge in [-0.1, -0.05) is 24.6 Å². The quantitative estimate of drug-likeness (QED) is 0.517. The first-order chi connectivity index (χ1) is 14.2. The van der Waals surface area contributed by atoms with Gasteiger partial charge in [0.2, 0.25) is 0 Å². The van der Waals surface area contributed by atoms with E-state index in [2.05, 4.69) is 37.9 Å². The number of fused-ring (bicyclic) bond motifs is 1. The zero-order valence-corrected chi connectivity index (χ0v) is 18.2. The Morgan fingerprint density at radius 3 is 2.60 bits per heavy atom. The highest BCUT2D eigenvalue weighted by molar-refractivity contribution is 6.09. The fourth-order valence-electron chi connectivity index (χ4n) is 4.37. The molecular weight excluding hydrogens is 377 g/mol. The van der Waals surface area contributed by atoms with E-state index in [0.717, 1.165) is 29.8 Å². The molecule has 1 atom stereocenters. The number of nitrogens with zero attached hydrogens (tertiary/aromatic N) is 2. The summed E-state index contributed by atoms with van der Waals surface area (Å²) in [5, 5.41) is 12.2. The number of anilines is 2. The first kappa shape index (κ1) is 21.6. The summed E-state index contributed by atoms with van der Waals surface area (Å²) in [6, 6.07) is 12.5. The summed E-state index contributed by atoms with van der Waals surface area (Å²) < 4.78 is 15.0. The zero-order valence-electron chi connectivity index (χ0n) is 18.2. The van der Waals surface area contributed by atoms with Gasteiger partial charge in [-0.15, -0.1) is 0 Å². The van der Waals surface area contributed by atoms with Crippen LogP contribution in [0, 0.1) is 24.1 Å². The molecule has 0 saturated carbocycles. The lowest BCUT2D eigenvalue weighted by Crippen LogP contribution is -2.48. The Kier molecular flexibility index (Phi) is 5.98. The Morgan fingerprint density at radius 1 is 1.33 bits per heavy atom. The maximum atomic E-state index is 15.0. The van der Waals surface area contributed by atoms with E-state index >= 15 is 0 Å². The Bertz CT molecular complexity index is 1030. The van der Waals surface area contributed by atoms with Crippen LogP contribution in [-0.2, 0) is 4.79 Å². The second-order valence-corrected chi connectivity index (χ2v) is 8.58. The summed E-state index contributed by atoms with van der Waals surface area (Å²) in [6.07, 6.45) is 2.28. The first-order valence-electron chi connectivity index (χ1n) is 10.3. The van der Waals surface area contributed by atoms with E-state index < -0.39 is 11.7 Å². The molecule has 5 heteroatoms. The molecule has 0 radical (unpaired) electrons. The summed E-state index contributed by atoms with van der Waals surface area (Å²) in [4.78, 5) is 14.8. The van der Waals surface area contributed by atoms with Crippen molar-refractivity contribution in [1.82, 2.24) is 0 Å². The summed E-state index contributed by atoms with van der Waals surface area (Å²) >= 11 is 0. The van der Waals surface area contributed by atoms with Gasteiger partial charge in [-0.2, -0.15) is 5.26 Å². The molecule has 0 aliphatic carbocycles. The van der Waals surface area contributed by atoms with Crippen molar-refractivity contribution in [3.05, 3.63) is 64.5 Å². The molecule has 1 N–H and O–H groups in total. The highest BCUT2D eigenvalue weighted by atomic mass is 19.1. The molecule has 0 fully saturated rings. The lowest BCUT2D eigenvalue weighted by atomic mass is 9.79. The minimum Gasteiger partial charge on any atom is -0.366 e. The molecule has 3 rings (SSSR count). The molecule has 2 aromatic rings. The second-order valence-electron chi connectivity index (χ2n) is 8.58. The van der Waals surface area contributed by atoms with Crippen molar-refractivity contribution in [3.63, 3.8) is 0 Å². The van der Waals surface area contributed by atoms with Crippen molar-refractivity contribution in [1.29, 1.82) is 5.26 Å². The van der Waals surface area contributed by atoms with Crippen LogP contribution in [-0.4, -0.2) is 18.0 Å². The van der Waals surface area contributed by atoms with Crippen LogP contribution in [0.1, 0.15) is 56.7 Å². The fourth-order valence-corrected chi connectivity index (χ4v) is 4.37. The van der Waals surface area contributed by atoms with Gasteiger partial charge in [-0.25, -0.2) is 4.39 Å². The van der Waals surface area contributed by atoms with Gasteiger partial charge in [0.25, 0.3) is 5.91 Å². The molecule has 1 unspecified atom stereocenters. The van der Waals surface area contributed by atoms with Crippen LogP contribution < -0.4 is 10.2 Å². The predicted molar refractivity (Wildman–Crippen MR) is 120 cm³/mol. The maximum Gasteiger partial charge on any atom is 0.266 e. The number of rotatable bonds is 4. The van der Waals surface area contributed by atoms with E-state index in [1.165, 1.54) is 12.1 Å². The normalized spacial score (nSPS) is 17.8. The fraction of sp³-hybridized carbons (Fsp3) is 0.360. The number of benzene rings is 2. The van der Waals surface area contributed by atoms with Gasteiger partial charge < -0.3 is 10.2 Å². The van der Waals surface area contributed by atoms with Gasteiger partial charge in [0.05, 0.1) is 0 Å². The van der Waals surface area contributed by atoms with E-state index in [0.29, 0.717) is 5.69 Å². The number of carbonyl (C=O) groups excluding carboxylic acids is 1. The third-order valence-electron chi connectivity index (χ3n) is 5.79. The van der Waals surface area contributed by atoms with Crippen molar-refractivity contribution in [2.45, 2.75) is 52.5 Å². The number of nitriles is 1. The molecule has 4 nitrogen and oxygen atoms in total. The number of nitrogens with one attached hydrogen (secondary N) is 1. The summed E-state index contributed by atoms with van der Waals surface area (Å²) in [6.45, 7) is 11.3. The minimum atomic E-state index is -0.553. The minimum absolute atomic E-state index is 0.0588. The SMILES string of the molecule is CCN1c2cc(F)c(/C=C(\C#N)C(=O)Nc3ccc(C)cc3)cc2C(C)CC1(C)C. The van der Waals surface area contributed by atoms with Crippen LogP contribution in [0.3, 0.4) is 0 Å². The summed E-state index contributed by atoms with van der Waals surface area (Å²) in [5.41, 5.74) is 3.65. The molecule has 156 valence electrons. The van der Waals surface area contributed by atoms with Crippen molar-refractivity contribution in [3.8, 4) is 6.07 Å². The number of carbonyl (C=O) groups is 1. The number of amides is 1. The topological polar surface area (TPSA) is 56.1 Å². The van der Waals surface area contributed by atoms with Crippen LogP contribution in [0.4, 0.5) is 15.8 Å². The summed E-state index contributed by atoms with van der Waals surface area (Å²) in [7, 11) is 0. The molecule has 0 aromatic heterocycles. The van der Waals surface area contributed by atoms with Crippen LogP contribution in [0.25, 0.3) is 6.08 Å². The van der Waals surface area contributed by atoms with E-state index in [4.69, 9.17) is 0 Å².